The van der Waals surface area contributed by atoms with Gasteiger partial charge in [0.15, 0.2) is 5.78 Å². The summed E-state index contributed by atoms with van der Waals surface area (Å²) in [6, 6.07) is 4.75. The lowest BCUT2D eigenvalue weighted by Crippen LogP contribution is -2.25. The summed E-state index contributed by atoms with van der Waals surface area (Å²) in [7, 11) is 0. The average Bonchev–Trinajstić information content (AvgIpc) is 2.46. The van der Waals surface area contributed by atoms with Gasteiger partial charge >= 0.3 is 5.97 Å². The molecule has 0 amide bonds. The molecule has 122 valence electrons. The maximum Gasteiger partial charge on any atom is 0.336 e. The van der Waals surface area contributed by atoms with Crippen LogP contribution in [0, 0.1) is 0 Å². The first-order valence-electron chi connectivity index (χ1n) is 7.19. The molecule has 23 heavy (non-hydrogen) atoms. The topological polar surface area (TPSA) is 46.6 Å². The minimum Gasteiger partial charge on any atom is -0.460 e. The number of carbonyl (C=O) groups is 2. The summed E-state index contributed by atoms with van der Waals surface area (Å²) in [5.74, 6) is -0.530. The van der Waals surface area contributed by atoms with E-state index in [1.54, 1.807) is 43.3 Å². The summed E-state index contributed by atoms with van der Waals surface area (Å²) in [4.78, 5) is 25.9. The van der Waals surface area contributed by atoms with Crippen LogP contribution in [0.1, 0.15) is 30.6 Å². The highest BCUT2D eigenvalue weighted by molar-refractivity contribution is 6.36. The number of esters is 1. The maximum atomic E-state index is 12.4. The van der Waals surface area contributed by atoms with Crippen LogP contribution in [0.4, 0.5) is 0 Å². The van der Waals surface area contributed by atoms with Gasteiger partial charge in [-0.2, -0.15) is 0 Å². The smallest absolute Gasteiger partial charge is 0.336 e. The molecule has 6 heteroatoms. The predicted molar refractivity (Wildman–Crippen MR) is 90.6 cm³/mol. The first kappa shape index (κ1) is 17.6. The quantitative estimate of drug-likeness (QED) is 0.586. The SMILES string of the molecule is CC(C)OC(=O)C1=CN(CC(=O)c2ccc(Cl)cc2Cl)C=CC1. The summed E-state index contributed by atoms with van der Waals surface area (Å²) in [5, 5.41) is 0.787. The average molecular weight is 354 g/mol. The van der Waals surface area contributed by atoms with Gasteiger partial charge in [-0.3, -0.25) is 4.79 Å². The molecule has 0 N–H and O–H groups in total. The zero-order valence-corrected chi connectivity index (χ0v) is 14.4. The third kappa shape index (κ3) is 4.85. The van der Waals surface area contributed by atoms with Gasteiger partial charge in [0, 0.05) is 29.4 Å². The molecule has 0 bridgehead atoms. The van der Waals surface area contributed by atoms with Crippen molar-refractivity contribution in [3.63, 3.8) is 0 Å². The molecule has 2 rings (SSSR count). The van der Waals surface area contributed by atoms with Gasteiger partial charge in [0.25, 0.3) is 0 Å². The number of benzene rings is 1. The second-order valence-corrected chi connectivity index (χ2v) is 6.26. The van der Waals surface area contributed by atoms with Gasteiger partial charge in [-0.05, 0) is 32.0 Å². The van der Waals surface area contributed by atoms with Gasteiger partial charge in [0.1, 0.15) is 0 Å². The van der Waals surface area contributed by atoms with Crippen molar-refractivity contribution in [1.29, 1.82) is 0 Å². The molecule has 0 aliphatic carbocycles. The molecule has 0 spiro atoms. The standard InChI is InChI=1S/C17H17Cl2NO3/c1-11(2)23-17(22)12-4-3-7-20(9-12)10-16(21)14-6-5-13(18)8-15(14)19/h3,5-9,11H,4,10H2,1-2H3. The molecular formula is C17H17Cl2NO3. The lowest BCUT2D eigenvalue weighted by molar-refractivity contribution is -0.142. The Morgan fingerprint density at radius 2 is 2.04 bits per heavy atom. The molecule has 1 aromatic carbocycles. The number of Topliss-reactive ketones (excluding diaryl/α,β-unsaturated/α-hetero) is 1. The summed E-state index contributed by atoms with van der Waals surface area (Å²) >= 11 is 11.9. The number of ether oxygens (including phenoxy) is 1. The molecule has 4 nitrogen and oxygen atoms in total. The highest BCUT2D eigenvalue weighted by Crippen LogP contribution is 2.22. The van der Waals surface area contributed by atoms with Gasteiger partial charge in [0.2, 0.25) is 0 Å². The van der Waals surface area contributed by atoms with E-state index in [-0.39, 0.29) is 24.4 Å². The predicted octanol–water partition coefficient (Wildman–Crippen LogP) is 4.23. The van der Waals surface area contributed by atoms with E-state index in [9.17, 15) is 9.59 Å². The van der Waals surface area contributed by atoms with Crippen LogP contribution >= 0.6 is 23.2 Å². The molecule has 1 aromatic rings. The highest BCUT2D eigenvalue weighted by atomic mass is 35.5. The van der Waals surface area contributed by atoms with E-state index in [1.807, 2.05) is 6.08 Å². The van der Waals surface area contributed by atoms with Crippen molar-refractivity contribution in [2.75, 3.05) is 6.54 Å². The van der Waals surface area contributed by atoms with Crippen LogP contribution in [0.3, 0.4) is 0 Å². The number of ketones is 1. The van der Waals surface area contributed by atoms with E-state index in [4.69, 9.17) is 27.9 Å². The fourth-order valence-corrected chi connectivity index (χ4v) is 2.62. The summed E-state index contributed by atoms with van der Waals surface area (Å²) in [6.07, 6.45) is 5.50. The Labute approximate surface area is 145 Å². The van der Waals surface area contributed by atoms with Gasteiger partial charge in [-0.25, -0.2) is 4.79 Å². The van der Waals surface area contributed by atoms with Crippen molar-refractivity contribution in [3.05, 3.63) is 57.9 Å². The van der Waals surface area contributed by atoms with Crippen molar-refractivity contribution in [1.82, 2.24) is 4.90 Å². The van der Waals surface area contributed by atoms with Gasteiger partial charge in [-0.15, -0.1) is 0 Å². The Kier molecular flexibility index (Phi) is 5.85. The van der Waals surface area contributed by atoms with Gasteiger partial charge in [-0.1, -0.05) is 29.3 Å². The zero-order valence-electron chi connectivity index (χ0n) is 12.9. The second kappa shape index (κ2) is 7.66. The number of nitrogens with zero attached hydrogens (tertiary/aromatic N) is 1. The Bertz CT molecular complexity index is 680. The molecule has 1 aliphatic rings. The monoisotopic (exact) mass is 353 g/mol. The van der Waals surface area contributed by atoms with Crippen LogP contribution in [0.15, 0.2) is 42.2 Å². The molecule has 1 aliphatic heterocycles. The Morgan fingerprint density at radius 3 is 2.70 bits per heavy atom. The van der Waals surface area contributed by atoms with Crippen molar-refractivity contribution in [2.24, 2.45) is 0 Å². The number of carbonyl (C=O) groups excluding carboxylic acids is 2. The van der Waals surface area contributed by atoms with E-state index >= 15 is 0 Å². The summed E-state index contributed by atoms with van der Waals surface area (Å²) in [6.45, 7) is 3.66. The van der Waals surface area contributed by atoms with Crippen LogP contribution in [-0.4, -0.2) is 29.3 Å². The normalized spacial score (nSPS) is 14.0. The molecule has 0 radical (unpaired) electrons. The third-order valence-electron chi connectivity index (χ3n) is 3.12. The van der Waals surface area contributed by atoms with Crippen LogP contribution in [0.2, 0.25) is 10.0 Å². The van der Waals surface area contributed by atoms with Crippen LogP contribution in [0.5, 0.6) is 0 Å². The third-order valence-corrected chi connectivity index (χ3v) is 3.67. The van der Waals surface area contributed by atoms with Crippen LogP contribution in [0.25, 0.3) is 0 Å². The minimum absolute atomic E-state index is 0.0797. The van der Waals surface area contributed by atoms with Gasteiger partial charge in [0.05, 0.1) is 23.2 Å². The first-order chi connectivity index (χ1) is 10.9. The van der Waals surface area contributed by atoms with E-state index in [2.05, 4.69) is 0 Å². The molecule has 0 saturated carbocycles. The summed E-state index contributed by atoms with van der Waals surface area (Å²) in [5.41, 5.74) is 0.908. The van der Waals surface area contributed by atoms with E-state index in [0.717, 1.165) is 0 Å². The number of halogens is 2. The molecule has 1 heterocycles. The molecule has 0 atom stereocenters. The van der Waals surface area contributed by atoms with E-state index < -0.39 is 0 Å². The molecule has 0 aromatic heterocycles. The number of hydrogen-bond acceptors (Lipinski definition) is 4. The maximum absolute atomic E-state index is 12.4. The molecular weight excluding hydrogens is 337 g/mol. The van der Waals surface area contributed by atoms with Crippen LogP contribution in [-0.2, 0) is 9.53 Å². The Hall–Kier alpha value is -1.78. The van der Waals surface area contributed by atoms with Gasteiger partial charge < -0.3 is 9.64 Å². The Balaban J connectivity index is 2.08. The number of rotatable bonds is 5. The van der Waals surface area contributed by atoms with E-state index in [1.165, 1.54) is 6.07 Å². The lowest BCUT2D eigenvalue weighted by atomic mass is 10.1. The minimum atomic E-state index is -0.369. The fourth-order valence-electron chi connectivity index (χ4n) is 2.10. The fraction of sp³-hybridized carbons (Fsp3) is 0.294. The largest absolute Gasteiger partial charge is 0.460 e. The number of hydrogen-bond donors (Lipinski definition) is 0. The first-order valence-corrected chi connectivity index (χ1v) is 7.94. The van der Waals surface area contributed by atoms with Crippen LogP contribution < -0.4 is 0 Å². The summed E-state index contributed by atoms with van der Waals surface area (Å²) < 4.78 is 5.17. The van der Waals surface area contributed by atoms with Crippen molar-refractivity contribution in [2.45, 2.75) is 26.4 Å². The van der Waals surface area contributed by atoms with Crippen molar-refractivity contribution >= 4 is 35.0 Å². The second-order valence-electron chi connectivity index (χ2n) is 5.42. The highest BCUT2D eigenvalue weighted by Gasteiger charge is 2.18. The Morgan fingerprint density at radius 1 is 1.30 bits per heavy atom. The lowest BCUT2D eigenvalue weighted by Gasteiger charge is -2.21. The molecule has 0 saturated heterocycles. The van der Waals surface area contributed by atoms with E-state index in [0.29, 0.717) is 27.6 Å². The zero-order chi connectivity index (χ0) is 17.0. The molecule has 0 unspecified atom stereocenters. The van der Waals surface area contributed by atoms with Crippen molar-refractivity contribution < 1.29 is 14.3 Å². The van der Waals surface area contributed by atoms with Crippen molar-refractivity contribution in [3.8, 4) is 0 Å². The number of allylic oxidation sites excluding steroid dienone is 1. The molecule has 0 fully saturated rings.